The molecular formula is C11H19F3N2O2. The third kappa shape index (κ3) is 4.72. The zero-order valence-electron chi connectivity index (χ0n) is 10.7. The Morgan fingerprint density at radius 2 is 1.94 bits per heavy atom. The third-order valence-electron chi connectivity index (χ3n) is 2.60. The number of piperidine rings is 1. The van der Waals surface area contributed by atoms with Gasteiger partial charge in [-0.1, -0.05) is 0 Å². The van der Waals surface area contributed by atoms with E-state index in [1.54, 1.807) is 20.8 Å². The van der Waals surface area contributed by atoms with E-state index in [4.69, 9.17) is 4.74 Å². The first kappa shape index (κ1) is 15.1. The fourth-order valence-corrected chi connectivity index (χ4v) is 1.86. The molecule has 0 aromatic heterocycles. The van der Waals surface area contributed by atoms with E-state index in [-0.39, 0.29) is 13.0 Å². The third-order valence-corrected chi connectivity index (χ3v) is 2.60. The monoisotopic (exact) mass is 268 g/mol. The van der Waals surface area contributed by atoms with Gasteiger partial charge in [0.25, 0.3) is 0 Å². The quantitative estimate of drug-likeness (QED) is 0.765. The molecule has 4 nitrogen and oxygen atoms in total. The summed E-state index contributed by atoms with van der Waals surface area (Å²) in [6, 6.07) is -0.978. The Morgan fingerprint density at radius 3 is 2.44 bits per heavy atom. The maximum absolute atomic E-state index is 12.8. The standard InChI is InChI=1S/C11H19F3N2O2/c1-10(2,3)18-9(17)16-8-6-15-5-4-7(8)11(12,13)14/h7-8,15H,4-6H2,1-3H3,(H,16,17)/t7-,8+/m1/s1. The molecular weight excluding hydrogens is 249 g/mol. The molecule has 0 saturated carbocycles. The molecule has 1 rings (SSSR count). The van der Waals surface area contributed by atoms with Gasteiger partial charge in [0, 0.05) is 6.54 Å². The minimum atomic E-state index is -4.30. The predicted molar refractivity (Wildman–Crippen MR) is 60.2 cm³/mol. The predicted octanol–water partition coefficient (Wildman–Crippen LogP) is 2.05. The molecule has 0 aliphatic carbocycles. The maximum atomic E-state index is 12.8. The van der Waals surface area contributed by atoms with E-state index >= 15 is 0 Å². The second kappa shape index (κ2) is 5.34. The van der Waals surface area contributed by atoms with Gasteiger partial charge < -0.3 is 15.4 Å². The SMILES string of the molecule is CC(C)(C)OC(=O)N[C@H]1CNCC[C@H]1C(F)(F)F. The van der Waals surface area contributed by atoms with Crippen LogP contribution in [0, 0.1) is 5.92 Å². The number of carbonyl (C=O) groups is 1. The van der Waals surface area contributed by atoms with Crippen LogP contribution in [-0.4, -0.2) is 37.0 Å². The van der Waals surface area contributed by atoms with Crippen LogP contribution in [0.3, 0.4) is 0 Å². The summed E-state index contributed by atoms with van der Waals surface area (Å²) in [4.78, 5) is 11.5. The number of hydrogen-bond acceptors (Lipinski definition) is 3. The molecule has 0 unspecified atom stereocenters. The van der Waals surface area contributed by atoms with Gasteiger partial charge >= 0.3 is 12.3 Å². The van der Waals surface area contributed by atoms with E-state index in [0.29, 0.717) is 6.54 Å². The first-order valence-corrected chi connectivity index (χ1v) is 5.86. The highest BCUT2D eigenvalue weighted by Gasteiger charge is 2.46. The van der Waals surface area contributed by atoms with Crippen LogP contribution < -0.4 is 10.6 Å². The van der Waals surface area contributed by atoms with Crippen LogP contribution in [-0.2, 0) is 4.74 Å². The summed E-state index contributed by atoms with van der Waals surface area (Å²) >= 11 is 0. The first-order valence-electron chi connectivity index (χ1n) is 5.86. The van der Waals surface area contributed by atoms with Gasteiger partial charge in [-0.25, -0.2) is 4.79 Å². The van der Waals surface area contributed by atoms with Crippen molar-refractivity contribution in [3.8, 4) is 0 Å². The van der Waals surface area contributed by atoms with E-state index in [0.717, 1.165) is 0 Å². The highest BCUT2D eigenvalue weighted by atomic mass is 19.4. The van der Waals surface area contributed by atoms with Crippen LogP contribution in [0.4, 0.5) is 18.0 Å². The Bertz CT molecular complexity index is 300. The summed E-state index contributed by atoms with van der Waals surface area (Å²) in [5.74, 6) is -1.52. The molecule has 0 bridgehead atoms. The molecule has 0 radical (unpaired) electrons. The lowest BCUT2D eigenvalue weighted by Gasteiger charge is -2.34. The van der Waals surface area contributed by atoms with Crippen LogP contribution in [0.5, 0.6) is 0 Å². The highest BCUT2D eigenvalue weighted by molar-refractivity contribution is 5.68. The molecule has 106 valence electrons. The number of nitrogens with one attached hydrogen (secondary N) is 2. The van der Waals surface area contributed by atoms with Crippen molar-refractivity contribution in [1.82, 2.24) is 10.6 Å². The van der Waals surface area contributed by atoms with Crippen molar-refractivity contribution in [2.75, 3.05) is 13.1 Å². The molecule has 7 heteroatoms. The summed E-state index contributed by atoms with van der Waals surface area (Å²) < 4.78 is 43.2. The topological polar surface area (TPSA) is 50.4 Å². The van der Waals surface area contributed by atoms with E-state index < -0.39 is 29.8 Å². The summed E-state index contributed by atoms with van der Waals surface area (Å²) in [5.41, 5.74) is -0.722. The fraction of sp³-hybridized carbons (Fsp3) is 0.909. The largest absolute Gasteiger partial charge is 0.444 e. The number of carbonyl (C=O) groups excluding carboxylic acids is 1. The smallest absolute Gasteiger partial charge is 0.407 e. The lowest BCUT2D eigenvalue weighted by Crippen LogP contribution is -2.55. The molecule has 1 amide bonds. The van der Waals surface area contributed by atoms with E-state index in [9.17, 15) is 18.0 Å². The average Bonchev–Trinajstić information content (AvgIpc) is 2.13. The highest BCUT2D eigenvalue weighted by Crippen LogP contribution is 2.32. The fourth-order valence-electron chi connectivity index (χ4n) is 1.86. The van der Waals surface area contributed by atoms with E-state index in [2.05, 4.69) is 10.6 Å². The van der Waals surface area contributed by atoms with Crippen molar-refractivity contribution < 1.29 is 22.7 Å². The van der Waals surface area contributed by atoms with Crippen LogP contribution in [0.1, 0.15) is 27.2 Å². The summed E-state index contributed by atoms with van der Waals surface area (Å²) in [5, 5.41) is 5.12. The van der Waals surface area contributed by atoms with Gasteiger partial charge in [-0.05, 0) is 33.7 Å². The van der Waals surface area contributed by atoms with Crippen LogP contribution >= 0.6 is 0 Å². The van der Waals surface area contributed by atoms with Crippen molar-refractivity contribution >= 4 is 6.09 Å². The number of halogens is 3. The number of hydrogen-bond donors (Lipinski definition) is 2. The van der Waals surface area contributed by atoms with Gasteiger partial charge in [0.2, 0.25) is 0 Å². The lowest BCUT2D eigenvalue weighted by atomic mass is 9.92. The number of amides is 1. The number of ether oxygens (including phenoxy) is 1. The molecule has 0 aromatic carbocycles. The molecule has 0 aromatic rings. The van der Waals surface area contributed by atoms with Gasteiger partial charge in [-0.15, -0.1) is 0 Å². The summed E-state index contributed by atoms with van der Waals surface area (Å²) in [6.07, 6.45) is -5.16. The Labute approximate surface area is 104 Å². The van der Waals surface area contributed by atoms with Crippen LogP contribution in [0.25, 0.3) is 0 Å². The molecule has 0 spiro atoms. The normalized spacial score (nSPS) is 25.7. The number of rotatable bonds is 1. The van der Waals surface area contributed by atoms with Crippen molar-refractivity contribution in [2.45, 2.75) is 45.0 Å². The van der Waals surface area contributed by atoms with Crippen LogP contribution in [0.15, 0.2) is 0 Å². The molecule has 1 heterocycles. The second-order valence-corrected chi connectivity index (χ2v) is 5.39. The maximum Gasteiger partial charge on any atom is 0.407 e. The Morgan fingerprint density at radius 1 is 1.33 bits per heavy atom. The van der Waals surface area contributed by atoms with Crippen LogP contribution in [0.2, 0.25) is 0 Å². The van der Waals surface area contributed by atoms with Crippen molar-refractivity contribution in [3.05, 3.63) is 0 Å². The molecule has 2 N–H and O–H groups in total. The Balaban J connectivity index is 2.60. The molecule has 18 heavy (non-hydrogen) atoms. The lowest BCUT2D eigenvalue weighted by molar-refractivity contribution is -0.186. The average molecular weight is 268 g/mol. The second-order valence-electron chi connectivity index (χ2n) is 5.39. The number of alkyl carbamates (subject to hydrolysis) is 1. The van der Waals surface area contributed by atoms with Crippen molar-refractivity contribution in [3.63, 3.8) is 0 Å². The minimum absolute atomic E-state index is 0.0377. The van der Waals surface area contributed by atoms with E-state index in [1.807, 2.05) is 0 Å². The Kier molecular flexibility index (Phi) is 4.47. The van der Waals surface area contributed by atoms with Gasteiger partial charge in [0.1, 0.15) is 5.60 Å². The van der Waals surface area contributed by atoms with Gasteiger partial charge in [-0.3, -0.25) is 0 Å². The minimum Gasteiger partial charge on any atom is -0.444 e. The van der Waals surface area contributed by atoms with Crippen molar-refractivity contribution in [2.24, 2.45) is 5.92 Å². The molecule has 1 fully saturated rings. The Hall–Kier alpha value is -0.980. The van der Waals surface area contributed by atoms with Crippen molar-refractivity contribution in [1.29, 1.82) is 0 Å². The van der Waals surface area contributed by atoms with E-state index in [1.165, 1.54) is 0 Å². The molecule has 1 aliphatic heterocycles. The summed E-state index contributed by atoms with van der Waals surface area (Å²) in [7, 11) is 0. The zero-order chi connectivity index (χ0) is 14.0. The number of alkyl halides is 3. The van der Waals surface area contributed by atoms with Gasteiger partial charge in [-0.2, -0.15) is 13.2 Å². The summed E-state index contributed by atoms with van der Waals surface area (Å²) in [6.45, 7) is 5.38. The molecule has 1 saturated heterocycles. The first-order chi connectivity index (χ1) is 8.09. The zero-order valence-corrected chi connectivity index (χ0v) is 10.7. The van der Waals surface area contributed by atoms with Gasteiger partial charge in [0.15, 0.2) is 0 Å². The van der Waals surface area contributed by atoms with Gasteiger partial charge in [0.05, 0.1) is 12.0 Å². The molecule has 1 aliphatic rings. The molecule has 2 atom stereocenters.